The van der Waals surface area contributed by atoms with Crippen molar-refractivity contribution in [3.8, 4) is 5.75 Å². The zero-order valence-corrected chi connectivity index (χ0v) is 10.7. The molecule has 0 spiro atoms. The first-order valence-electron chi connectivity index (χ1n) is 5.07. The summed E-state index contributed by atoms with van der Waals surface area (Å²) in [5.41, 5.74) is 5.40. The summed E-state index contributed by atoms with van der Waals surface area (Å²) in [6.07, 6.45) is 0. The SMILES string of the molecule is CC(C)(C)[C@@H](N)c1c([N+](=O)[O-])ccc(Cl)c1O. The lowest BCUT2D eigenvalue weighted by Gasteiger charge is -2.27. The summed E-state index contributed by atoms with van der Waals surface area (Å²) in [4.78, 5) is 10.3. The van der Waals surface area contributed by atoms with E-state index in [1.165, 1.54) is 12.1 Å². The Morgan fingerprint density at radius 3 is 2.41 bits per heavy atom. The molecule has 0 aliphatic heterocycles. The standard InChI is InChI=1S/C11H15ClN2O3/c1-11(2,3)10(13)8-7(14(16)17)5-4-6(12)9(8)15/h4-5,10,15H,13H2,1-3H3/t10-/m0/s1. The number of hydrogen-bond acceptors (Lipinski definition) is 4. The highest BCUT2D eigenvalue weighted by Gasteiger charge is 2.32. The van der Waals surface area contributed by atoms with Crippen molar-refractivity contribution in [1.29, 1.82) is 0 Å². The molecule has 0 aliphatic rings. The van der Waals surface area contributed by atoms with E-state index in [1.54, 1.807) is 0 Å². The predicted molar refractivity (Wildman–Crippen MR) is 66.2 cm³/mol. The van der Waals surface area contributed by atoms with Crippen molar-refractivity contribution < 1.29 is 10.0 Å². The first kappa shape index (κ1) is 13.7. The maximum atomic E-state index is 10.9. The number of hydrogen-bond donors (Lipinski definition) is 2. The molecule has 0 fully saturated rings. The van der Waals surface area contributed by atoms with Gasteiger partial charge in [-0.3, -0.25) is 10.1 Å². The first-order chi connectivity index (χ1) is 7.66. The smallest absolute Gasteiger partial charge is 0.278 e. The Morgan fingerprint density at radius 1 is 1.47 bits per heavy atom. The Hall–Kier alpha value is -1.33. The lowest BCUT2D eigenvalue weighted by molar-refractivity contribution is -0.386. The van der Waals surface area contributed by atoms with Gasteiger partial charge < -0.3 is 10.8 Å². The molecule has 1 rings (SSSR count). The molecule has 1 aromatic carbocycles. The van der Waals surface area contributed by atoms with Crippen LogP contribution >= 0.6 is 11.6 Å². The second-order valence-electron chi connectivity index (χ2n) is 4.93. The minimum atomic E-state index is -0.679. The number of phenolic OH excluding ortho intramolecular Hbond substituents is 1. The third-order valence-electron chi connectivity index (χ3n) is 2.59. The molecule has 5 nitrogen and oxygen atoms in total. The summed E-state index contributed by atoms with van der Waals surface area (Å²) < 4.78 is 0. The van der Waals surface area contributed by atoms with Crippen molar-refractivity contribution in [2.75, 3.05) is 0 Å². The van der Waals surface area contributed by atoms with Crippen molar-refractivity contribution in [2.24, 2.45) is 11.1 Å². The zero-order chi connectivity index (χ0) is 13.4. The summed E-state index contributed by atoms with van der Waals surface area (Å²) in [5.74, 6) is -0.316. The number of nitro benzene ring substituents is 1. The van der Waals surface area contributed by atoms with Crippen LogP contribution in [0.5, 0.6) is 5.75 Å². The Balaban J connectivity index is 3.49. The quantitative estimate of drug-likeness (QED) is 0.630. The summed E-state index contributed by atoms with van der Waals surface area (Å²) in [7, 11) is 0. The van der Waals surface area contributed by atoms with Crippen molar-refractivity contribution in [3.63, 3.8) is 0 Å². The molecule has 1 aromatic rings. The molecule has 0 saturated heterocycles. The van der Waals surface area contributed by atoms with E-state index in [2.05, 4.69) is 0 Å². The molecule has 6 heteroatoms. The summed E-state index contributed by atoms with van der Waals surface area (Å²) in [5, 5.41) is 20.8. The Bertz CT molecular complexity index is 455. The van der Waals surface area contributed by atoms with Gasteiger partial charge in [-0.15, -0.1) is 0 Å². The number of nitro groups is 1. The number of rotatable bonds is 2. The highest BCUT2D eigenvalue weighted by Crippen LogP contribution is 2.43. The molecule has 0 bridgehead atoms. The Labute approximate surface area is 104 Å². The minimum Gasteiger partial charge on any atom is -0.506 e. The molecule has 0 heterocycles. The lowest BCUT2D eigenvalue weighted by atomic mass is 9.82. The van der Waals surface area contributed by atoms with Crippen LogP contribution in [0.25, 0.3) is 0 Å². The number of nitrogens with zero attached hydrogens (tertiary/aromatic N) is 1. The maximum absolute atomic E-state index is 10.9. The molecule has 0 aliphatic carbocycles. The van der Waals surface area contributed by atoms with Gasteiger partial charge >= 0.3 is 0 Å². The highest BCUT2D eigenvalue weighted by atomic mass is 35.5. The highest BCUT2D eigenvalue weighted by molar-refractivity contribution is 6.32. The van der Waals surface area contributed by atoms with E-state index < -0.39 is 16.4 Å². The maximum Gasteiger partial charge on any atom is 0.278 e. The number of halogens is 1. The van der Waals surface area contributed by atoms with Gasteiger partial charge in [0, 0.05) is 12.1 Å². The average Bonchev–Trinajstić information content (AvgIpc) is 2.19. The number of phenols is 1. The van der Waals surface area contributed by atoms with Gasteiger partial charge in [-0.1, -0.05) is 32.4 Å². The molecule has 0 radical (unpaired) electrons. The first-order valence-corrected chi connectivity index (χ1v) is 5.45. The van der Waals surface area contributed by atoms with Crippen molar-refractivity contribution >= 4 is 17.3 Å². The molecule has 0 aromatic heterocycles. The van der Waals surface area contributed by atoms with Crippen LogP contribution in [-0.4, -0.2) is 10.0 Å². The van der Waals surface area contributed by atoms with E-state index in [9.17, 15) is 15.2 Å². The molecule has 3 N–H and O–H groups in total. The summed E-state index contributed by atoms with van der Waals surface area (Å²) in [6.45, 7) is 5.51. The van der Waals surface area contributed by atoms with E-state index in [0.717, 1.165) is 0 Å². The van der Waals surface area contributed by atoms with Crippen LogP contribution in [0.15, 0.2) is 12.1 Å². The third kappa shape index (κ3) is 2.68. The van der Waals surface area contributed by atoms with E-state index in [4.69, 9.17) is 17.3 Å². The van der Waals surface area contributed by atoms with Gasteiger partial charge in [0.15, 0.2) is 0 Å². The fourth-order valence-corrected chi connectivity index (χ4v) is 1.63. The fraction of sp³-hybridized carbons (Fsp3) is 0.455. The van der Waals surface area contributed by atoms with Gasteiger partial charge in [0.05, 0.1) is 15.5 Å². The van der Waals surface area contributed by atoms with Crippen LogP contribution in [0.2, 0.25) is 5.02 Å². The molecule has 94 valence electrons. The summed E-state index contributed by atoms with van der Waals surface area (Å²) >= 11 is 5.76. The largest absolute Gasteiger partial charge is 0.506 e. The zero-order valence-electron chi connectivity index (χ0n) is 9.90. The van der Waals surface area contributed by atoms with Crippen LogP contribution in [0.1, 0.15) is 32.4 Å². The normalized spacial score (nSPS) is 13.5. The van der Waals surface area contributed by atoms with E-state index in [1.807, 2.05) is 20.8 Å². The molecular weight excluding hydrogens is 244 g/mol. The molecule has 17 heavy (non-hydrogen) atoms. The lowest BCUT2D eigenvalue weighted by Crippen LogP contribution is -2.27. The molecule has 0 saturated carbocycles. The van der Waals surface area contributed by atoms with Crippen LogP contribution in [0.3, 0.4) is 0 Å². The molecule has 0 unspecified atom stereocenters. The van der Waals surface area contributed by atoms with E-state index in [-0.39, 0.29) is 22.0 Å². The predicted octanol–water partition coefficient (Wildman–Crippen LogP) is 3.00. The summed E-state index contributed by atoms with van der Waals surface area (Å²) in [6, 6.07) is 1.86. The van der Waals surface area contributed by atoms with Gasteiger partial charge in [0.1, 0.15) is 5.75 Å². The average molecular weight is 259 g/mol. The van der Waals surface area contributed by atoms with Gasteiger partial charge in [-0.25, -0.2) is 0 Å². The van der Waals surface area contributed by atoms with E-state index >= 15 is 0 Å². The minimum absolute atomic E-state index is 0.0605. The third-order valence-corrected chi connectivity index (χ3v) is 2.89. The van der Waals surface area contributed by atoms with Gasteiger partial charge in [0.2, 0.25) is 0 Å². The second kappa shape index (κ2) is 4.50. The van der Waals surface area contributed by atoms with Gasteiger partial charge in [-0.05, 0) is 11.5 Å². The topological polar surface area (TPSA) is 89.4 Å². The monoisotopic (exact) mass is 258 g/mol. The van der Waals surface area contributed by atoms with E-state index in [0.29, 0.717) is 0 Å². The van der Waals surface area contributed by atoms with Crippen molar-refractivity contribution in [2.45, 2.75) is 26.8 Å². The molecule has 1 atom stereocenters. The fourth-order valence-electron chi connectivity index (χ4n) is 1.47. The van der Waals surface area contributed by atoms with Crippen LogP contribution in [0, 0.1) is 15.5 Å². The molecular formula is C11H15ClN2O3. The van der Waals surface area contributed by atoms with Gasteiger partial charge in [0.25, 0.3) is 5.69 Å². The van der Waals surface area contributed by atoms with Crippen LogP contribution in [-0.2, 0) is 0 Å². The van der Waals surface area contributed by atoms with Crippen molar-refractivity contribution in [3.05, 3.63) is 32.8 Å². The number of aromatic hydroxyl groups is 1. The second-order valence-corrected chi connectivity index (χ2v) is 5.34. The van der Waals surface area contributed by atoms with Gasteiger partial charge in [-0.2, -0.15) is 0 Å². The Kier molecular flexibility index (Phi) is 3.64. The van der Waals surface area contributed by atoms with Crippen LogP contribution in [0.4, 0.5) is 5.69 Å². The number of benzene rings is 1. The number of nitrogens with two attached hydrogens (primary N) is 1. The molecule has 0 amide bonds. The van der Waals surface area contributed by atoms with Crippen molar-refractivity contribution in [1.82, 2.24) is 0 Å². The van der Waals surface area contributed by atoms with Crippen LogP contribution < -0.4 is 5.73 Å². The Morgan fingerprint density at radius 2 is 2.00 bits per heavy atom.